The Morgan fingerprint density at radius 1 is 1.00 bits per heavy atom. The Morgan fingerprint density at radius 3 is 2.12 bits per heavy atom. The highest BCUT2D eigenvalue weighted by Crippen LogP contribution is 2.21. The molecule has 0 aromatic heterocycles. The number of rotatable bonds is 4. The fourth-order valence-electron chi connectivity index (χ4n) is 2.86. The van der Waals surface area contributed by atoms with Crippen molar-refractivity contribution in [3.8, 4) is 0 Å². The summed E-state index contributed by atoms with van der Waals surface area (Å²) in [7, 11) is 0. The van der Waals surface area contributed by atoms with Gasteiger partial charge < -0.3 is 4.90 Å². The summed E-state index contributed by atoms with van der Waals surface area (Å²) in [6.07, 6.45) is 1.43. The summed E-state index contributed by atoms with van der Waals surface area (Å²) < 4.78 is 0. The zero-order chi connectivity index (χ0) is 17.1. The average molecular weight is 322 g/mol. The number of carbonyl (C=O) groups is 2. The molecular weight excluding hydrogens is 300 g/mol. The molecule has 0 N–H and O–H groups in total. The highest BCUT2D eigenvalue weighted by molar-refractivity contribution is 6.06. The van der Waals surface area contributed by atoms with E-state index < -0.39 is 0 Å². The van der Waals surface area contributed by atoms with Gasteiger partial charge in [-0.05, 0) is 44.5 Å². The number of benzene rings is 2. The van der Waals surface area contributed by atoms with Crippen LogP contribution in [-0.4, -0.2) is 29.9 Å². The van der Waals surface area contributed by atoms with Crippen molar-refractivity contribution in [2.45, 2.75) is 26.7 Å². The molecule has 4 nitrogen and oxygen atoms in total. The summed E-state index contributed by atoms with van der Waals surface area (Å²) in [5, 5.41) is 0. The lowest BCUT2D eigenvalue weighted by Crippen LogP contribution is -2.42. The molecule has 1 heterocycles. The number of hydrogen-bond donors (Lipinski definition) is 0. The highest BCUT2D eigenvalue weighted by Gasteiger charge is 2.26. The first kappa shape index (κ1) is 16.2. The molecule has 2 aromatic carbocycles. The molecule has 1 aliphatic heterocycles. The van der Waals surface area contributed by atoms with Gasteiger partial charge in [0.15, 0.2) is 0 Å². The SMILES string of the molecule is Cc1ccc(C(=O)N(CN2CCCC2=O)c2ccc(C)cc2)cc1. The van der Waals surface area contributed by atoms with Crippen LogP contribution in [0.1, 0.15) is 34.3 Å². The van der Waals surface area contributed by atoms with E-state index >= 15 is 0 Å². The second kappa shape index (κ2) is 6.87. The van der Waals surface area contributed by atoms with Crippen molar-refractivity contribution in [3.63, 3.8) is 0 Å². The molecule has 2 aromatic rings. The van der Waals surface area contributed by atoms with Crippen molar-refractivity contribution in [2.24, 2.45) is 0 Å². The molecule has 0 radical (unpaired) electrons. The van der Waals surface area contributed by atoms with Gasteiger partial charge in [-0.1, -0.05) is 35.4 Å². The van der Waals surface area contributed by atoms with Crippen LogP contribution in [0.15, 0.2) is 48.5 Å². The first-order valence-electron chi connectivity index (χ1n) is 8.27. The molecule has 0 bridgehead atoms. The van der Waals surface area contributed by atoms with Crippen LogP contribution in [0.3, 0.4) is 0 Å². The molecule has 0 atom stereocenters. The van der Waals surface area contributed by atoms with Crippen LogP contribution in [-0.2, 0) is 4.79 Å². The maximum absolute atomic E-state index is 13.0. The van der Waals surface area contributed by atoms with Gasteiger partial charge in [0.05, 0.1) is 0 Å². The maximum atomic E-state index is 13.0. The Kier molecular flexibility index (Phi) is 4.65. The summed E-state index contributed by atoms with van der Waals surface area (Å²) in [4.78, 5) is 28.5. The van der Waals surface area contributed by atoms with Crippen molar-refractivity contribution in [3.05, 3.63) is 65.2 Å². The van der Waals surface area contributed by atoms with Crippen LogP contribution in [0, 0.1) is 13.8 Å². The molecule has 1 fully saturated rings. The van der Waals surface area contributed by atoms with Crippen molar-refractivity contribution in [1.82, 2.24) is 4.90 Å². The lowest BCUT2D eigenvalue weighted by atomic mass is 10.1. The minimum absolute atomic E-state index is 0.0847. The van der Waals surface area contributed by atoms with E-state index in [-0.39, 0.29) is 11.8 Å². The predicted molar refractivity (Wildman–Crippen MR) is 95.0 cm³/mol. The molecule has 1 saturated heterocycles. The van der Waals surface area contributed by atoms with Gasteiger partial charge >= 0.3 is 0 Å². The molecule has 0 unspecified atom stereocenters. The second-order valence-electron chi connectivity index (χ2n) is 6.34. The largest absolute Gasteiger partial charge is 0.324 e. The van der Waals surface area contributed by atoms with Crippen molar-refractivity contribution in [2.75, 3.05) is 18.1 Å². The molecule has 0 spiro atoms. The van der Waals surface area contributed by atoms with E-state index in [4.69, 9.17) is 0 Å². The van der Waals surface area contributed by atoms with E-state index in [0.717, 1.165) is 23.2 Å². The molecule has 1 aliphatic rings. The van der Waals surface area contributed by atoms with E-state index in [2.05, 4.69) is 0 Å². The number of hydrogen-bond acceptors (Lipinski definition) is 2. The molecule has 124 valence electrons. The van der Waals surface area contributed by atoms with Gasteiger partial charge in [0, 0.05) is 24.2 Å². The van der Waals surface area contributed by atoms with Crippen molar-refractivity contribution >= 4 is 17.5 Å². The topological polar surface area (TPSA) is 40.6 Å². The molecule has 0 aliphatic carbocycles. The van der Waals surface area contributed by atoms with Gasteiger partial charge in [0.25, 0.3) is 5.91 Å². The Balaban J connectivity index is 1.91. The molecule has 3 rings (SSSR count). The first-order chi connectivity index (χ1) is 11.5. The first-order valence-corrected chi connectivity index (χ1v) is 8.27. The average Bonchev–Trinajstić information content (AvgIpc) is 2.99. The van der Waals surface area contributed by atoms with Gasteiger partial charge in [-0.2, -0.15) is 0 Å². The number of likely N-dealkylation sites (tertiary alicyclic amines) is 1. The third-order valence-electron chi connectivity index (χ3n) is 4.37. The molecule has 2 amide bonds. The Labute approximate surface area is 142 Å². The standard InChI is InChI=1S/C20H22N2O2/c1-15-5-9-17(10-6-15)20(24)22(14-21-13-3-4-19(21)23)18-11-7-16(2)8-12-18/h5-12H,3-4,13-14H2,1-2H3. The monoisotopic (exact) mass is 322 g/mol. The number of aryl methyl sites for hydroxylation is 2. The number of anilines is 1. The highest BCUT2D eigenvalue weighted by atomic mass is 16.2. The van der Waals surface area contributed by atoms with E-state index in [0.29, 0.717) is 25.2 Å². The summed E-state index contributed by atoms with van der Waals surface area (Å²) in [5.41, 5.74) is 3.69. The van der Waals surface area contributed by atoms with Gasteiger partial charge in [-0.25, -0.2) is 0 Å². The van der Waals surface area contributed by atoms with Crippen molar-refractivity contribution < 1.29 is 9.59 Å². The lowest BCUT2D eigenvalue weighted by molar-refractivity contribution is -0.127. The second-order valence-corrected chi connectivity index (χ2v) is 6.34. The van der Waals surface area contributed by atoms with Crippen molar-refractivity contribution in [1.29, 1.82) is 0 Å². The van der Waals surface area contributed by atoms with Gasteiger partial charge in [-0.15, -0.1) is 0 Å². The third-order valence-corrected chi connectivity index (χ3v) is 4.37. The normalized spacial score (nSPS) is 14.1. The van der Waals surface area contributed by atoms with Crippen LogP contribution < -0.4 is 4.90 Å². The Hall–Kier alpha value is -2.62. The van der Waals surface area contributed by atoms with E-state index in [1.807, 2.05) is 62.4 Å². The predicted octanol–water partition coefficient (Wildman–Crippen LogP) is 3.53. The van der Waals surface area contributed by atoms with Crippen LogP contribution >= 0.6 is 0 Å². The van der Waals surface area contributed by atoms with E-state index in [1.54, 1.807) is 9.80 Å². The van der Waals surface area contributed by atoms with Crippen LogP contribution in [0.4, 0.5) is 5.69 Å². The summed E-state index contributed by atoms with van der Waals surface area (Å²) in [5.74, 6) is 0.0300. The molecular formula is C20H22N2O2. The number of nitrogens with zero attached hydrogens (tertiary/aromatic N) is 2. The zero-order valence-corrected chi connectivity index (χ0v) is 14.2. The maximum Gasteiger partial charge on any atom is 0.259 e. The van der Waals surface area contributed by atoms with Crippen LogP contribution in [0.2, 0.25) is 0 Å². The van der Waals surface area contributed by atoms with Crippen LogP contribution in [0.5, 0.6) is 0 Å². The molecule has 24 heavy (non-hydrogen) atoms. The van der Waals surface area contributed by atoms with Crippen LogP contribution in [0.25, 0.3) is 0 Å². The summed E-state index contributed by atoms with van der Waals surface area (Å²) >= 11 is 0. The minimum atomic E-state index is -0.0847. The van der Waals surface area contributed by atoms with Gasteiger partial charge in [0.1, 0.15) is 6.67 Å². The van der Waals surface area contributed by atoms with Gasteiger partial charge in [-0.3, -0.25) is 14.5 Å². The molecule has 4 heteroatoms. The van der Waals surface area contributed by atoms with E-state index in [1.165, 1.54) is 0 Å². The minimum Gasteiger partial charge on any atom is -0.324 e. The fourth-order valence-corrected chi connectivity index (χ4v) is 2.86. The zero-order valence-electron chi connectivity index (χ0n) is 14.2. The van der Waals surface area contributed by atoms with Gasteiger partial charge in [0.2, 0.25) is 5.91 Å². The van der Waals surface area contributed by atoms with E-state index in [9.17, 15) is 9.59 Å². The smallest absolute Gasteiger partial charge is 0.259 e. The number of carbonyl (C=O) groups excluding carboxylic acids is 2. The number of amides is 2. The molecule has 0 saturated carbocycles. The Morgan fingerprint density at radius 2 is 1.58 bits per heavy atom. The summed E-state index contributed by atoms with van der Waals surface area (Å²) in [6.45, 7) is 5.02. The lowest BCUT2D eigenvalue weighted by Gasteiger charge is -2.28. The Bertz CT molecular complexity index is 735. The quantitative estimate of drug-likeness (QED) is 0.864. The third kappa shape index (κ3) is 3.48. The summed E-state index contributed by atoms with van der Waals surface area (Å²) in [6, 6.07) is 15.4. The fraction of sp³-hybridized carbons (Fsp3) is 0.300.